The van der Waals surface area contributed by atoms with Gasteiger partial charge in [0.1, 0.15) is 11.6 Å². The first-order valence-corrected chi connectivity index (χ1v) is 22.5. The zero-order valence-corrected chi connectivity index (χ0v) is 36.1. The van der Waals surface area contributed by atoms with Gasteiger partial charge in [-0.3, -0.25) is 34.9 Å². The van der Waals surface area contributed by atoms with Crippen molar-refractivity contribution in [2.75, 3.05) is 61.0 Å². The fourth-order valence-electron chi connectivity index (χ4n) is 10.7. The lowest BCUT2D eigenvalue weighted by Crippen LogP contribution is -2.53. The van der Waals surface area contributed by atoms with Crippen molar-refractivity contribution in [2.45, 2.75) is 77.3 Å². The second-order valence-corrected chi connectivity index (χ2v) is 18.4. The SMILES string of the molecule is Cc1cc2cc(n1)-c1cnn(C)c1OC[C@H]1CC[C@H](C1)Cn1c(nc3ccc(N4CCN(CC5CCN(c6cc(F)c([C@H]7CCC(=O)NC7=O)c(F)c6)CC5)[C@H](C)C4)cc31)NC2=O. The van der Waals surface area contributed by atoms with E-state index in [1.54, 1.807) is 23.0 Å². The van der Waals surface area contributed by atoms with Crippen molar-refractivity contribution in [2.24, 2.45) is 24.8 Å². The Labute approximate surface area is 365 Å². The molecule has 4 aliphatic heterocycles. The summed E-state index contributed by atoms with van der Waals surface area (Å²) in [6.07, 6.45) is 6.87. The molecule has 7 heterocycles. The molecule has 0 spiro atoms. The Bertz CT molecular complexity index is 2580. The van der Waals surface area contributed by atoms with Crippen LogP contribution in [-0.2, 0) is 23.2 Å². The minimum absolute atomic E-state index is 0.0610. The molecule has 14 nitrogen and oxygen atoms in total. The Morgan fingerprint density at radius 3 is 2.41 bits per heavy atom. The number of rotatable bonds is 5. The molecule has 3 saturated heterocycles. The summed E-state index contributed by atoms with van der Waals surface area (Å²) >= 11 is 0. The third kappa shape index (κ3) is 8.13. The van der Waals surface area contributed by atoms with E-state index in [1.165, 1.54) is 12.1 Å². The van der Waals surface area contributed by atoms with E-state index in [0.717, 1.165) is 92.8 Å². The molecule has 330 valence electrons. The molecule has 63 heavy (non-hydrogen) atoms. The standard InChI is InChI=1S/C47H54F2N10O4/c1-27-16-32-18-40(51-27)36-22-50-55(3)46(36)63-26-31-5-4-30(17-31)25-59-41-21-33(6-8-39(41)52-47(59)54-44(32)61)58-15-14-57(28(2)23-58)24-29-10-12-56(13-11-29)34-19-37(48)43(38(49)20-34)35-7-9-42(60)53-45(35)62/h6,8,16,18-22,28-31,35H,4-5,7,9-15,17,23-26H2,1-3H3,(H,52,54,61)(H,53,60,62)/t28-,30-,31+,35-/m1/s1. The molecule has 3 amide bonds. The van der Waals surface area contributed by atoms with E-state index in [9.17, 15) is 14.4 Å². The molecule has 10 rings (SSSR count). The maximum Gasteiger partial charge on any atom is 0.258 e. The maximum absolute atomic E-state index is 15.3. The van der Waals surface area contributed by atoms with E-state index in [1.807, 2.05) is 18.9 Å². The number of aromatic nitrogens is 5. The lowest BCUT2D eigenvalue weighted by molar-refractivity contribution is -0.134. The van der Waals surface area contributed by atoms with Gasteiger partial charge in [-0.1, -0.05) is 0 Å². The predicted octanol–water partition coefficient (Wildman–Crippen LogP) is 6.43. The van der Waals surface area contributed by atoms with E-state index < -0.39 is 29.4 Å². The Balaban J connectivity index is 0.812. The largest absolute Gasteiger partial charge is 0.477 e. The number of nitrogens with one attached hydrogen (secondary N) is 2. The quantitative estimate of drug-likeness (QED) is 0.190. The lowest BCUT2D eigenvalue weighted by Gasteiger charge is -2.43. The second kappa shape index (κ2) is 16.7. The average molecular weight is 861 g/mol. The molecule has 2 N–H and O–H groups in total. The first-order valence-electron chi connectivity index (χ1n) is 22.5. The molecular formula is C47H54F2N10O4. The van der Waals surface area contributed by atoms with E-state index in [4.69, 9.17) is 14.7 Å². The van der Waals surface area contributed by atoms with Crippen LogP contribution in [0.15, 0.2) is 48.7 Å². The zero-order valence-electron chi connectivity index (χ0n) is 36.1. The molecule has 4 atom stereocenters. The summed E-state index contributed by atoms with van der Waals surface area (Å²) in [4.78, 5) is 54.7. The van der Waals surface area contributed by atoms with Crippen LogP contribution in [0.2, 0.25) is 0 Å². The number of imide groups is 1. The predicted molar refractivity (Wildman–Crippen MR) is 235 cm³/mol. The van der Waals surface area contributed by atoms with E-state index in [0.29, 0.717) is 72.3 Å². The van der Waals surface area contributed by atoms with Gasteiger partial charge in [0.15, 0.2) is 0 Å². The number of nitrogens with zero attached hydrogens (tertiary/aromatic N) is 8. The van der Waals surface area contributed by atoms with Crippen molar-refractivity contribution in [1.29, 1.82) is 0 Å². The molecular weight excluding hydrogens is 807 g/mol. The summed E-state index contributed by atoms with van der Waals surface area (Å²) in [5.41, 5.74) is 5.82. The van der Waals surface area contributed by atoms with E-state index in [2.05, 4.69) is 55.2 Å². The van der Waals surface area contributed by atoms with Crippen LogP contribution >= 0.6 is 0 Å². The van der Waals surface area contributed by atoms with Crippen molar-refractivity contribution in [1.82, 2.24) is 34.5 Å². The number of anilines is 3. The first kappa shape index (κ1) is 41.1. The Morgan fingerprint density at radius 2 is 1.63 bits per heavy atom. The molecule has 5 aromatic rings. The molecule has 4 fully saturated rings. The van der Waals surface area contributed by atoms with Crippen molar-refractivity contribution >= 4 is 46.1 Å². The highest BCUT2D eigenvalue weighted by molar-refractivity contribution is 6.05. The Morgan fingerprint density at radius 1 is 0.841 bits per heavy atom. The number of piperidine rings is 2. The van der Waals surface area contributed by atoms with Crippen molar-refractivity contribution in [3.8, 4) is 17.1 Å². The van der Waals surface area contributed by atoms with Crippen LogP contribution in [0.4, 0.5) is 26.1 Å². The molecule has 0 radical (unpaired) electrons. The molecule has 5 aliphatic rings. The second-order valence-electron chi connectivity index (χ2n) is 18.4. The number of amides is 3. The van der Waals surface area contributed by atoms with Gasteiger partial charge in [-0.05, 0) is 113 Å². The third-order valence-corrected chi connectivity index (χ3v) is 14.1. The van der Waals surface area contributed by atoms with Gasteiger partial charge < -0.3 is 19.1 Å². The number of aryl methyl sites for hydroxylation is 2. The fraction of sp³-hybridized carbons (Fsp3) is 0.489. The van der Waals surface area contributed by atoms with Crippen LogP contribution in [0.3, 0.4) is 0 Å². The highest BCUT2D eigenvalue weighted by atomic mass is 19.1. The molecule has 16 heteroatoms. The summed E-state index contributed by atoms with van der Waals surface area (Å²) in [5.74, 6) is -1.34. The smallest absolute Gasteiger partial charge is 0.258 e. The van der Waals surface area contributed by atoms with E-state index in [-0.39, 0.29) is 24.3 Å². The number of hydrogen-bond donors (Lipinski definition) is 2. The van der Waals surface area contributed by atoms with Gasteiger partial charge in [-0.2, -0.15) is 5.10 Å². The average Bonchev–Trinajstić information content (AvgIpc) is 3.97. The summed E-state index contributed by atoms with van der Waals surface area (Å²) < 4.78 is 41.0. The number of fused-ring (bicyclic) bond motifs is 9. The molecule has 2 aromatic carbocycles. The van der Waals surface area contributed by atoms with Crippen molar-refractivity contribution in [3.63, 3.8) is 0 Å². The van der Waals surface area contributed by atoms with Crippen molar-refractivity contribution < 1.29 is 27.9 Å². The number of ether oxygens (including phenoxy) is 1. The van der Waals surface area contributed by atoms with Crippen LogP contribution in [0.25, 0.3) is 22.3 Å². The minimum atomic E-state index is -1.01. The van der Waals surface area contributed by atoms with Gasteiger partial charge in [0, 0.05) is 93.5 Å². The minimum Gasteiger partial charge on any atom is -0.477 e. The fourth-order valence-corrected chi connectivity index (χ4v) is 10.7. The molecule has 3 aromatic heterocycles. The Hall–Kier alpha value is -5.90. The first-order chi connectivity index (χ1) is 30.4. The number of halogens is 2. The van der Waals surface area contributed by atoms with Gasteiger partial charge in [0.2, 0.25) is 23.6 Å². The topological polar surface area (TPSA) is 143 Å². The van der Waals surface area contributed by atoms with Gasteiger partial charge in [0.05, 0.1) is 41.0 Å². The number of pyridine rings is 1. The zero-order chi connectivity index (χ0) is 43.5. The number of piperazine rings is 1. The number of carbonyl (C=O) groups is 3. The highest BCUT2D eigenvalue weighted by Crippen LogP contribution is 2.38. The Kier molecular flexibility index (Phi) is 10.9. The maximum atomic E-state index is 15.3. The van der Waals surface area contributed by atoms with Gasteiger partial charge in [-0.25, -0.2) is 18.4 Å². The van der Waals surface area contributed by atoms with Gasteiger partial charge >= 0.3 is 0 Å². The molecule has 4 bridgehead atoms. The van der Waals surface area contributed by atoms with Crippen LogP contribution in [0.1, 0.15) is 79.4 Å². The summed E-state index contributed by atoms with van der Waals surface area (Å²) in [6.45, 7) is 10.5. The summed E-state index contributed by atoms with van der Waals surface area (Å²) in [7, 11) is 1.87. The monoisotopic (exact) mass is 860 g/mol. The number of benzene rings is 2. The van der Waals surface area contributed by atoms with Crippen LogP contribution in [0.5, 0.6) is 5.88 Å². The summed E-state index contributed by atoms with van der Waals surface area (Å²) in [5, 5.41) is 9.84. The van der Waals surface area contributed by atoms with Crippen LogP contribution in [-0.4, -0.2) is 98.9 Å². The van der Waals surface area contributed by atoms with Gasteiger partial charge in [0.25, 0.3) is 5.91 Å². The number of hydrogen-bond acceptors (Lipinski definition) is 10. The molecule has 0 unspecified atom stereocenters. The van der Waals surface area contributed by atoms with Gasteiger partial charge in [-0.15, -0.1) is 0 Å². The molecule has 1 saturated carbocycles. The normalized spacial score (nSPS) is 23.7. The number of carbonyl (C=O) groups excluding carboxylic acids is 3. The number of imidazole rings is 1. The molecule has 1 aliphatic carbocycles. The van der Waals surface area contributed by atoms with Crippen LogP contribution < -0.4 is 25.2 Å². The lowest BCUT2D eigenvalue weighted by atomic mass is 9.89. The van der Waals surface area contributed by atoms with Crippen molar-refractivity contribution in [3.05, 3.63) is 77.1 Å². The highest BCUT2D eigenvalue weighted by Gasteiger charge is 2.35. The van der Waals surface area contributed by atoms with E-state index >= 15 is 8.78 Å². The summed E-state index contributed by atoms with van der Waals surface area (Å²) in [6, 6.07) is 13.0. The third-order valence-electron chi connectivity index (χ3n) is 14.1. The van der Waals surface area contributed by atoms with Crippen LogP contribution in [0, 0.1) is 36.3 Å².